The van der Waals surface area contributed by atoms with Crippen molar-refractivity contribution in [1.29, 1.82) is 0 Å². The topological polar surface area (TPSA) is 113 Å². The molecule has 1 heterocycles. The number of esters is 1. The van der Waals surface area contributed by atoms with Crippen LogP contribution in [-0.4, -0.2) is 48.2 Å². The van der Waals surface area contributed by atoms with E-state index in [4.69, 9.17) is 4.74 Å². The number of amides is 1. The number of pyridine rings is 1. The lowest BCUT2D eigenvalue weighted by molar-refractivity contribution is -0.896. The number of rotatable bonds is 8. The molecule has 0 unspecified atom stereocenters. The molecule has 0 spiro atoms. The molecule has 0 aliphatic rings. The number of aromatic hydroxyl groups is 1. The number of para-hydroxylation sites is 1. The van der Waals surface area contributed by atoms with Gasteiger partial charge in [0.15, 0.2) is 0 Å². The van der Waals surface area contributed by atoms with Crippen LogP contribution in [0.5, 0.6) is 5.75 Å². The minimum atomic E-state index is -0.748. The van der Waals surface area contributed by atoms with Gasteiger partial charge in [0.2, 0.25) is 0 Å². The summed E-state index contributed by atoms with van der Waals surface area (Å²) < 4.78 is 5.30. The molecule has 3 rings (SSSR count). The van der Waals surface area contributed by atoms with Gasteiger partial charge in [0, 0.05) is 11.1 Å². The Hall–Kier alpha value is -3.65. The molecule has 0 saturated heterocycles. The van der Waals surface area contributed by atoms with Gasteiger partial charge < -0.3 is 25.0 Å². The molecule has 8 heteroatoms. The second-order valence-corrected chi connectivity index (χ2v) is 7.10. The van der Waals surface area contributed by atoms with Crippen LogP contribution in [0, 0.1) is 0 Å². The number of aromatic nitrogens is 1. The lowest BCUT2D eigenvalue weighted by Crippen LogP contribution is -3.11. The third kappa shape index (κ3) is 5.10. The number of hydrogen-bond donors (Lipinski definition) is 4. The highest BCUT2D eigenvalue weighted by atomic mass is 16.5. The Morgan fingerprint density at radius 2 is 1.74 bits per heavy atom. The monoisotopic (exact) mass is 424 g/mol. The number of carbonyl (C=O) groups is 2. The van der Waals surface area contributed by atoms with Crippen LogP contribution in [0.4, 0.5) is 5.69 Å². The third-order valence-corrected chi connectivity index (χ3v) is 5.19. The smallest absolute Gasteiger partial charge is 0.338 e. The summed E-state index contributed by atoms with van der Waals surface area (Å²) in [5, 5.41) is 13.4. The summed E-state index contributed by atoms with van der Waals surface area (Å²) in [6.07, 6.45) is 0. The van der Waals surface area contributed by atoms with E-state index >= 15 is 0 Å². The Labute approximate surface area is 179 Å². The van der Waals surface area contributed by atoms with Crippen LogP contribution in [-0.2, 0) is 4.74 Å². The fourth-order valence-corrected chi connectivity index (χ4v) is 3.29. The molecule has 31 heavy (non-hydrogen) atoms. The van der Waals surface area contributed by atoms with Crippen molar-refractivity contribution < 1.29 is 24.3 Å². The van der Waals surface area contributed by atoms with Gasteiger partial charge in [0.25, 0.3) is 11.5 Å². The van der Waals surface area contributed by atoms with E-state index in [1.807, 2.05) is 0 Å². The highest BCUT2D eigenvalue weighted by Crippen LogP contribution is 2.25. The molecule has 8 nitrogen and oxygen atoms in total. The van der Waals surface area contributed by atoms with E-state index in [2.05, 4.69) is 24.1 Å². The average molecular weight is 424 g/mol. The van der Waals surface area contributed by atoms with E-state index in [0.29, 0.717) is 28.8 Å². The fourth-order valence-electron chi connectivity index (χ4n) is 3.29. The largest absolute Gasteiger partial charge is 0.506 e. The van der Waals surface area contributed by atoms with Crippen LogP contribution < -0.4 is 15.8 Å². The fraction of sp³-hybridized carbons (Fsp3) is 0.261. The number of aromatic amines is 1. The van der Waals surface area contributed by atoms with E-state index in [0.717, 1.165) is 19.6 Å². The zero-order valence-corrected chi connectivity index (χ0v) is 17.5. The third-order valence-electron chi connectivity index (χ3n) is 5.19. The van der Waals surface area contributed by atoms with E-state index in [1.165, 1.54) is 29.2 Å². The van der Waals surface area contributed by atoms with Crippen LogP contribution >= 0.6 is 0 Å². The maximum Gasteiger partial charge on any atom is 0.338 e. The second kappa shape index (κ2) is 9.90. The summed E-state index contributed by atoms with van der Waals surface area (Å²) in [4.78, 5) is 41.0. The first-order valence-electron chi connectivity index (χ1n) is 10.2. The molecule has 0 saturated carbocycles. The number of ether oxygens (including phenoxy) is 1. The Bertz CT molecular complexity index is 1130. The maximum atomic E-state index is 12.6. The van der Waals surface area contributed by atoms with Gasteiger partial charge in [-0.1, -0.05) is 12.1 Å². The Morgan fingerprint density at radius 1 is 1.06 bits per heavy atom. The Morgan fingerprint density at radius 3 is 2.42 bits per heavy atom. The molecule has 1 aromatic heterocycles. The molecule has 0 bridgehead atoms. The van der Waals surface area contributed by atoms with Crippen molar-refractivity contribution >= 4 is 28.5 Å². The van der Waals surface area contributed by atoms with Crippen LogP contribution in [0.3, 0.4) is 0 Å². The van der Waals surface area contributed by atoms with Gasteiger partial charge in [-0.05, 0) is 50.2 Å². The molecule has 4 N–H and O–H groups in total. The van der Waals surface area contributed by atoms with E-state index in [9.17, 15) is 19.5 Å². The summed E-state index contributed by atoms with van der Waals surface area (Å²) in [6.45, 7) is 7.18. The first kappa shape index (κ1) is 22.0. The number of fused-ring (bicyclic) bond motifs is 1. The molecule has 0 fully saturated rings. The number of nitrogens with one attached hydrogen (secondary N) is 3. The maximum absolute atomic E-state index is 12.6. The van der Waals surface area contributed by atoms with Crippen molar-refractivity contribution in [2.24, 2.45) is 0 Å². The number of quaternary nitrogens is 1. The molecule has 1 amide bonds. The summed E-state index contributed by atoms with van der Waals surface area (Å²) >= 11 is 0. The summed E-state index contributed by atoms with van der Waals surface area (Å²) in [7, 11) is 0. The van der Waals surface area contributed by atoms with Gasteiger partial charge in [-0.25, -0.2) is 4.79 Å². The second-order valence-electron chi connectivity index (χ2n) is 7.10. The first-order valence-corrected chi connectivity index (χ1v) is 10.2. The van der Waals surface area contributed by atoms with Crippen molar-refractivity contribution in [2.45, 2.75) is 13.8 Å². The summed E-state index contributed by atoms with van der Waals surface area (Å²) in [5.74, 6) is -1.57. The molecule has 162 valence electrons. The van der Waals surface area contributed by atoms with Gasteiger partial charge >= 0.3 is 5.97 Å². The van der Waals surface area contributed by atoms with Gasteiger partial charge in [0.05, 0.1) is 24.2 Å². The van der Waals surface area contributed by atoms with Crippen molar-refractivity contribution in [2.75, 3.05) is 31.6 Å². The Kier molecular flexibility index (Phi) is 7.04. The molecular weight excluding hydrogens is 398 g/mol. The minimum Gasteiger partial charge on any atom is -0.506 e. The van der Waals surface area contributed by atoms with Gasteiger partial charge in [-0.2, -0.15) is 0 Å². The zero-order valence-electron chi connectivity index (χ0n) is 17.5. The predicted molar refractivity (Wildman–Crippen MR) is 118 cm³/mol. The van der Waals surface area contributed by atoms with Crippen LogP contribution in [0.2, 0.25) is 0 Å². The zero-order chi connectivity index (χ0) is 22.4. The number of carbonyl (C=O) groups excluding carboxylic acids is 2. The lowest BCUT2D eigenvalue weighted by Gasteiger charge is -2.15. The number of anilines is 1. The molecule has 0 aliphatic heterocycles. The minimum absolute atomic E-state index is 0.332. The highest BCUT2D eigenvalue weighted by molar-refractivity contribution is 6.09. The number of likely N-dealkylation sites (N-methyl/N-ethyl adjacent to an activating group) is 1. The van der Waals surface area contributed by atoms with Crippen LogP contribution in [0.15, 0.2) is 53.3 Å². The van der Waals surface area contributed by atoms with Gasteiger partial charge in [-0.3, -0.25) is 9.59 Å². The van der Waals surface area contributed by atoms with Crippen LogP contribution in [0.1, 0.15) is 34.6 Å². The predicted octanol–water partition coefficient (Wildman–Crippen LogP) is 1.57. The molecule has 0 radical (unpaired) electrons. The van der Waals surface area contributed by atoms with Gasteiger partial charge in [-0.15, -0.1) is 0 Å². The van der Waals surface area contributed by atoms with Crippen molar-refractivity contribution in [3.8, 4) is 5.75 Å². The number of hydrogen-bond acceptors (Lipinski definition) is 5. The van der Waals surface area contributed by atoms with Crippen LogP contribution in [0.25, 0.3) is 10.9 Å². The first-order chi connectivity index (χ1) is 14.9. The van der Waals surface area contributed by atoms with Gasteiger partial charge in [0.1, 0.15) is 24.5 Å². The molecule has 0 aliphatic carbocycles. The van der Waals surface area contributed by atoms with Crippen molar-refractivity contribution in [1.82, 2.24) is 4.98 Å². The lowest BCUT2D eigenvalue weighted by atomic mass is 10.1. The number of H-pyrrole nitrogens is 1. The molecular formula is C23H26N3O5+. The number of benzene rings is 2. The van der Waals surface area contributed by atoms with E-state index in [-0.39, 0.29) is 11.3 Å². The molecule has 2 aromatic carbocycles. The molecule has 3 aromatic rings. The average Bonchev–Trinajstić information content (AvgIpc) is 2.77. The van der Waals surface area contributed by atoms with E-state index in [1.54, 1.807) is 24.3 Å². The SMILES string of the molecule is CC[NH+](CC)CCOC(=O)c1ccc(NC(=O)c2c(O)c3ccccc3[nH]c2=O)cc1. The highest BCUT2D eigenvalue weighted by Gasteiger charge is 2.19. The standard InChI is InChI=1S/C23H25N3O5/c1-3-26(4-2)13-14-31-23(30)15-9-11-16(12-10-15)24-21(28)19-20(27)17-7-5-6-8-18(17)25-22(19)29/h5-12H,3-4,13-14H2,1-2H3,(H,24,28)(H2,25,27,29)/p+1. The normalized spacial score (nSPS) is 10.9. The molecule has 0 atom stereocenters. The van der Waals surface area contributed by atoms with Crippen molar-refractivity contribution in [3.05, 3.63) is 70.0 Å². The Balaban J connectivity index is 1.67. The summed E-state index contributed by atoms with van der Waals surface area (Å²) in [5.41, 5.74) is 0.109. The van der Waals surface area contributed by atoms with E-state index < -0.39 is 17.4 Å². The van der Waals surface area contributed by atoms with Crippen molar-refractivity contribution in [3.63, 3.8) is 0 Å². The quantitative estimate of drug-likeness (QED) is 0.410. The summed E-state index contributed by atoms with van der Waals surface area (Å²) in [6, 6.07) is 12.8.